The molecule has 1 aliphatic rings. The van der Waals surface area contributed by atoms with Gasteiger partial charge in [0.25, 0.3) is 5.91 Å². The Bertz CT molecular complexity index is 1320. The summed E-state index contributed by atoms with van der Waals surface area (Å²) >= 11 is 0. The van der Waals surface area contributed by atoms with Crippen LogP contribution in [0.15, 0.2) is 65.6 Å². The quantitative estimate of drug-likeness (QED) is 0.405. The Labute approximate surface area is 191 Å². The Morgan fingerprint density at radius 3 is 2.36 bits per heavy atom. The van der Waals surface area contributed by atoms with Crippen molar-refractivity contribution in [3.05, 3.63) is 76.3 Å². The molecule has 1 heterocycles. The summed E-state index contributed by atoms with van der Waals surface area (Å²) in [4.78, 5) is 25.4. The molecule has 4 rings (SSSR count). The highest BCUT2D eigenvalue weighted by molar-refractivity contribution is 7.89. The van der Waals surface area contributed by atoms with E-state index < -0.39 is 14.9 Å². The fourth-order valence-electron chi connectivity index (χ4n) is 3.86. The number of benzene rings is 3. The number of nitro groups is 1. The second kappa shape index (κ2) is 9.16. The molecule has 1 fully saturated rings. The standard InChI is InChI=1S/C23H23N3O6S/c1-2-32-22-10-8-19(16-21(22)26(28)29)23(27)24-11-13-25(14-12-24)33(30,31)20-9-7-17-5-3-4-6-18(17)15-20/h3-10,15-16H,2,11-14H2,1H3. The maximum Gasteiger partial charge on any atom is 0.311 e. The number of fused-ring (bicyclic) bond motifs is 1. The first-order valence-corrected chi connectivity index (χ1v) is 11.9. The molecule has 1 aliphatic heterocycles. The van der Waals surface area contributed by atoms with Crippen LogP contribution in [0, 0.1) is 10.1 Å². The van der Waals surface area contributed by atoms with Gasteiger partial charge in [0, 0.05) is 37.8 Å². The van der Waals surface area contributed by atoms with Crippen LogP contribution in [0.2, 0.25) is 0 Å². The summed E-state index contributed by atoms with van der Waals surface area (Å²) in [5, 5.41) is 13.1. The number of nitrogens with zero attached hydrogens (tertiary/aromatic N) is 3. The molecule has 0 bridgehead atoms. The van der Waals surface area contributed by atoms with Crippen molar-refractivity contribution in [2.24, 2.45) is 0 Å². The van der Waals surface area contributed by atoms with Crippen LogP contribution in [0.25, 0.3) is 10.8 Å². The summed E-state index contributed by atoms with van der Waals surface area (Å²) in [5.74, 6) is -0.283. The summed E-state index contributed by atoms with van der Waals surface area (Å²) in [6.07, 6.45) is 0. The van der Waals surface area contributed by atoms with Crippen LogP contribution in [0.4, 0.5) is 5.69 Å². The fraction of sp³-hybridized carbons (Fsp3) is 0.261. The monoisotopic (exact) mass is 469 g/mol. The number of carbonyl (C=O) groups excluding carboxylic acids is 1. The lowest BCUT2D eigenvalue weighted by molar-refractivity contribution is -0.385. The van der Waals surface area contributed by atoms with Crippen LogP contribution in [0.5, 0.6) is 5.75 Å². The largest absolute Gasteiger partial charge is 0.487 e. The lowest BCUT2D eigenvalue weighted by Crippen LogP contribution is -2.50. The maximum absolute atomic E-state index is 13.1. The van der Waals surface area contributed by atoms with Crippen LogP contribution in [-0.2, 0) is 10.0 Å². The molecule has 3 aromatic carbocycles. The summed E-state index contributed by atoms with van der Waals surface area (Å²) in [5.41, 5.74) is -0.115. The highest BCUT2D eigenvalue weighted by Crippen LogP contribution is 2.29. The van der Waals surface area contributed by atoms with E-state index in [1.54, 1.807) is 25.1 Å². The number of hydrogen-bond donors (Lipinski definition) is 0. The molecule has 0 unspecified atom stereocenters. The van der Waals surface area contributed by atoms with Gasteiger partial charge in [0.05, 0.1) is 16.4 Å². The summed E-state index contributed by atoms with van der Waals surface area (Å²) in [7, 11) is -3.71. The zero-order valence-electron chi connectivity index (χ0n) is 18.0. The molecule has 0 atom stereocenters. The second-order valence-corrected chi connectivity index (χ2v) is 9.52. The Balaban J connectivity index is 1.48. The minimum absolute atomic E-state index is 0.102. The maximum atomic E-state index is 13.1. The van der Waals surface area contributed by atoms with E-state index in [1.807, 2.05) is 24.3 Å². The molecule has 1 amide bonds. The predicted octanol–water partition coefficient (Wildman–Crippen LogP) is 3.29. The van der Waals surface area contributed by atoms with Gasteiger partial charge in [-0.15, -0.1) is 0 Å². The predicted molar refractivity (Wildman–Crippen MR) is 123 cm³/mol. The van der Waals surface area contributed by atoms with Gasteiger partial charge >= 0.3 is 5.69 Å². The van der Waals surface area contributed by atoms with E-state index in [2.05, 4.69) is 0 Å². The average Bonchev–Trinajstić information content (AvgIpc) is 2.83. The van der Waals surface area contributed by atoms with Gasteiger partial charge in [0.15, 0.2) is 5.75 Å². The van der Waals surface area contributed by atoms with E-state index in [0.717, 1.165) is 10.8 Å². The minimum atomic E-state index is -3.71. The van der Waals surface area contributed by atoms with Crippen molar-refractivity contribution in [1.82, 2.24) is 9.21 Å². The van der Waals surface area contributed by atoms with E-state index in [9.17, 15) is 23.3 Å². The molecular weight excluding hydrogens is 446 g/mol. The average molecular weight is 470 g/mol. The van der Waals surface area contributed by atoms with Crippen LogP contribution >= 0.6 is 0 Å². The van der Waals surface area contributed by atoms with Crippen LogP contribution in [-0.4, -0.2) is 61.2 Å². The second-order valence-electron chi connectivity index (χ2n) is 7.58. The number of rotatable bonds is 6. The summed E-state index contributed by atoms with van der Waals surface area (Å²) < 4.78 is 32.9. The van der Waals surface area contributed by atoms with E-state index >= 15 is 0 Å². The molecule has 10 heteroatoms. The molecule has 0 aromatic heterocycles. The Morgan fingerprint density at radius 2 is 1.70 bits per heavy atom. The van der Waals surface area contributed by atoms with Crippen LogP contribution in [0.3, 0.4) is 0 Å². The normalized spacial score (nSPS) is 14.9. The first-order valence-electron chi connectivity index (χ1n) is 10.5. The fourth-order valence-corrected chi connectivity index (χ4v) is 5.32. The number of hydrogen-bond acceptors (Lipinski definition) is 6. The molecule has 0 radical (unpaired) electrons. The van der Waals surface area contributed by atoms with Crippen LogP contribution in [0.1, 0.15) is 17.3 Å². The molecule has 33 heavy (non-hydrogen) atoms. The molecule has 3 aromatic rings. The molecule has 0 aliphatic carbocycles. The van der Waals surface area contributed by atoms with E-state index in [1.165, 1.54) is 27.4 Å². The van der Waals surface area contributed by atoms with Gasteiger partial charge < -0.3 is 9.64 Å². The highest BCUT2D eigenvalue weighted by atomic mass is 32.2. The first-order chi connectivity index (χ1) is 15.8. The zero-order chi connectivity index (χ0) is 23.6. The van der Waals surface area contributed by atoms with Crippen LogP contribution < -0.4 is 4.74 Å². The SMILES string of the molecule is CCOc1ccc(C(=O)N2CCN(S(=O)(=O)c3ccc4ccccc4c3)CC2)cc1[N+](=O)[O-]. The summed E-state index contributed by atoms with van der Waals surface area (Å²) in [6.45, 7) is 2.63. The number of piperazine rings is 1. The van der Waals surface area contributed by atoms with Gasteiger partial charge in [-0.2, -0.15) is 4.31 Å². The zero-order valence-corrected chi connectivity index (χ0v) is 18.8. The number of sulfonamides is 1. The molecular formula is C23H23N3O6S. The number of ether oxygens (including phenoxy) is 1. The Kier molecular flexibility index (Phi) is 6.30. The number of amides is 1. The molecule has 0 saturated carbocycles. The van der Waals surface area contributed by atoms with Gasteiger partial charge in [-0.3, -0.25) is 14.9 Å². The number of carbonyl (C=O) groups is 1. The smallest absolute Gasteiger partial charge is 0.311 e. The third kappa shape index (κ3) is 4.53. The van der Waals surface area contributed by atoms with Crippen molar-refractivity contribution >= 4 is 32.4 Å². The van der Waals surface area contributed by atoms with Gasteiger partial charge in [-0.05, 0) is 42.0 Å². The first kappa shape index (κ1) is 22.7. The van der Waals surface area contributed by atoms with Gasteiger partial charge in [-0.1, -0.05) is 30.3 Å². The Hall–Kier alpha value is -3.50. The number of nitro benzene ring substituents is 1. The molecule has 172 valence electrons. The van der Waals surface area contributed by atoms with Crippen molar-refractivity contribution in [2.75, 3.05) is 32.8 Å². The van der Waals surface area contributed by atoms with Gasteiger partial charge in [0.2, 0.25) is 10.0 Å². The molecule has 1 saturated heterocycles. The lowest BCUT2D eigenvalue weighted by Gasteiger charge is -2.34. The topological polar surface area (TPSA) is 110 Å². The molecule has 0 N–H and O–H groups in total. The van der Waals surface area contributed by atoms with Crippen molar-refractivity contribution in [1.29, 1.82) is 0 Å². The van der Waals surface area contributed by atoms with Crippen molar-refractivity contribution < 1.29 is 22.9 Å². The van der Waals surface area contributed by atoms with E-state index in [-0.39, 0.29) is 60.6 Å². The Morgan fingerprint density at radius 1 is 1.00 bits per heavy atom. The lowest BCUT2D eigenvalue weighted by atomic mass is 10.1. The van der Waals surface area contributed by atoms with Crippen molar-refractivity contribution in [2.45, 2.75) is 11.8 Å². The molecule has 0 spiro atoms. The highest BCUT2D eigenvalue weighted by Gasteiger charge is 2.31. The van der Waals surface area contributed by atoms with Crippen molar-refractivity contribution in [3.63, 3.8) is 0 Å². The van der Waals surface area contributed by atoms with Gasteiger partial charge in [-0.25, -0.2) is 8.42 Å². The molecule has 9 nitrogen and oxygen atoms in total. The summed E-state index contributed by atoms with van der Waals surface area (Å²) in [6, 6.07) is 16.7. The van der Waals surface area contributed by atoms with Crippen molar-refractivity contribution in [3.8, 4) is 5.75 Å². The van der Waals surface area contributed by atoms with E-state index in [0.29, 0.717) is 0 Å². The third-order valence-corrected chi connectivity index (χ3v) is 7.48. The third-order valence-electron chi connectivity index (χ3n) is 5.59. The van der Waals surface area contributed by atoms with E-state index in [4.69, 9.17) is 4.74 Å². The minimum Gasteiger partial charge on any atom is -0.487 e. The van der Waals surface area contributed by atoms with Gasteiger partial charge in [0.1, 0.15) is 0 Å².